The van der Waals surface area contributed by atoms with Crippen molar-refractivity contribution in [2.45, 2.75) is 6.42 Å². The molecule has 0 aliphatic rings. The number of nitrogens with zero attached hydrogens (tertiary/aromatic N) is 3. The summed E-state index contributed by atoms with van der Waals surface area (Å²) in [6.07, 6.45) is 0.238. The molecule has 0 unspecified atom stereocenters. The van der Waals surface area contributed by atoms with Crippen LogP contribution in [-0.4, -0.2) is 27.7 Å². The zero-order valence-electron chi connectivity index (χ0n) is 11.3. The predicted octanol–water partition coefficient (Wildman–Crippen LogP) is 2.25. The lowest BCUT2D eigenvalue weighted by atomic mass is 10.1. The molecule has 0 fully saturated rings. The minimum absolute atomic E-state index is 0.238. The lowest BCUT2D eigenvalue weighted by Crippen LogP contribution is -2.10. The Morgan fingerprint density at radius 2 is 2.00 bits per heavy atom. The number of rotatable bonds is 3. The zero-order chi connectivity index (χ0) is 14.8. The van der Waals surface area contributed by atoms with E-state index in [0.29, 0.717) is 22.7 Å². The Morgan fingerprint density at radius 1 is 1.19 bits per heavy atom. The SMILES string of the molecule is COC(=O)c1cccc2nnc(Cc3ccccc3F)n12. The maximum atomic E-state index is 13.8. The molecule has 0 atom stereocenters. The van der Waals surface area contributed by atoms with Gasteiger partial charge in [-0.3, -0.25) is 4.40 Å². The molecule has 0 saturated heterocycles. The standard InChI is InChI=1S/C15H12FN3O2/c1-21-15(20)12-7-4-8-13-17-18-14(19(12)13)9-10-5-2-3-6-11(10)16/h2-8H,9H2,1H3. The van der Waals surface area contributed by atoms with Crippen LogP contribution in [0.1, 0.15) is 21.9 Å². The van der Waals surface area contributed by atoms with E-state index in [0.717, 1.165) is 0 Å². The lowest BCUT2D eigenvalue weighted by molar-refractivity contribution is 0.0592. The summed E-state index contributed by atoms with van der Waals surface area (Å²) < 4.78 is 20.1. The Morgan fingerprint density at radius 3 is 2.76 bits per heavy atom. The summed E-state index contributed by atoms with van der Waals surface area (Å²) in [6, 6.07) is 11.5. The number of ether oxygens (including phenoxy) is 1. The number of benzene rings is 1. The zero-order valence-corrected chi connectivity index (χ0v) is 11.3. The molecule has 2 heterocycles. The fourth-order valence-electron chi connectivity index (χ4n) is 2.19. The summed E-state index contributed by atoms with van der Waals surface area (Å²) in [5.74, 6) is -0.323. The molecule has 0 bridgehead atoms. The number of pyridine rings is 1. The number of methoxy groups -OCH3 is 1. The molecule has 5 nitrogen and oxygen atoms in total. The molecule has 106 valence electrons. The van der Waals surface area contributed by atoms with Gasteiger partial charge in [-0.25, -0.2) is 9.18 Å². The van der Waals surface area contributed by atoms with Crippen molar-refractivity contribution in [2.75, 3.05) is 7.11 Å². The molecule has 0 saturated carbocycles. The van der Waals surface area contributed by atoms with Crippen LogP contribution in [0, 0.1) is 5.82 Å². The van der Waals surface area contributed by atoms with Crippen molar-refractivity contribution in [3.05, 3.63) is 65.4 Å². The molecule has 0 spiro atoms. The topological polar surface area (TPSA) is 56.5 Å². The van der Waals surface area contributed by atoms with Gasteiger partial charge < -0.3 is 4.74 Å². The molecular formula is C15H12FN3O2. The van der Waals surface area contributed by atoms with Gasteiger partial charge in [0.15, 0.2) is 5.65 Å². The molecule has 0 N–H and O–H groups in total. The second-order valence-corrected chi connectivity index (χ2v) is 4.48. The van der Waals surface area contributed by atoms with E-state index in [2.05, 4.69) is 10.2 Å². The predicted molar refractivity (Wildman–Crippen MR) is 73.5 cm³/mol. The Kier molecular flexibility index (Phi) is 3.35. The van der Waals surface area contributed by atoms with E-state index >= 15 is 0 Å². The molecular weight excluding hydrogens is 273 g/mol. The van der Waals surface area contributed by atoms with Crippen LogP contribution >= 0.6 is 0 Å². The molecule has 2 aromatic heterocycles. The van der Waals surface area contributed by atoms with Crippen LogP contribution in [0.25, 0.3) is 5.65 Å². The molecule has 0 aliphatic heterocycles. The van der Waals surface area contributed by atoms with Gasteiger partial charge in [0.05, 0.1) is 7.11 Å². The molecule has 0 amide bonds. The van der Waals surface area contributed by atoms with Crippen molar-refractivity contribution in [3.63, 3.8) is 0 Å². The van der Waals surface area contributed by atoms with Crippen LogP contribution in [0.2, 0.25) is 0 Å². The van der Waals surface area contributed by atoms with E-state index in [9.17, 15) is 9.18 Å². The highest BCUT2D eigenvalue weighted by molar-refractivity contribution is 5.88. The highest BCUT2D eigenvalue weighted by Gasteiger charge is 2.16. The number of hydrogen-bond donors (Lipinski definition) is 0. The van der Waals surface area contributed by atoms with Gasteiger partial charge in [0.1, 0.15) is 17.3 Å². The molecule has 21 heavy (non-hydrogen) atoms. The summed E-state index contributed by atoms with van der Waals surface area (Å²) in [5.41, 5.74) is 1.32. The van der Waals surface area contributed by atoms with Crippen LogP contribution < -0.4 is 0 Å². The lowest BCUT2D eigenvalue weighted by Gasteiger charge is -2.06. The fraction of sp³-hybridized carbons (Fsp3) is 0.133. The van der Waals surface area contributed by atoms with E-state index in [1.165, 1.54) is 13.2 Å². The van der Waals surface area contributed by atoms with Crippen LogP contribution in [0.3, 0.4) is 0 Å². The van der Waals surface area contributed by atoms with E-state index in [-0.39, 0.29) is 12.2 Å². The van der Waals surface area contributed by atoms with Gasteiger partial charge in [-0.05, 0) is 23.8 Å². The average molecular weight is 285 g/mol. The minimum Gasteiger partial charge on any atom is -0.464 e. The average Bonchev–Trinajstić information content (AvgIpc) is 2.92. The van der Waals surface area contributed by atoms with Crippen molar-refractivity contribution < 1.29 is 13.9 Å². The third-order valence-electron chi connectivity index (χ3n) is 3.20. The first kappa shape index (κ1) is 13.2. The van der Waals surface area contributed by atoms with Crippen LogP contribution in [0.4, 0.5) is 4.39 Å². The number of fused-ring (bicyclic) bond motifs is 1. The monoisotopic (exact) mass is 285 g/mol. The first-order chi connectivity index (χ1) is 10.2. The third kappa shape index (κ3) is 2.35. The fourth-order valence-corrected chi connectivity index (χ4v) is 2.19. The number of hydrogen-bond acceptors (Lipinski definition) is 4. The Hall–Kier alpha value is -2.76. The third-order valence-corrected chi connectivity index (χ3v) is 3.20. The normalized spacial score (nSPS) is 10.8. The maximum absolute atomic E-state index is 13.8. The van der Waals surface area contributed by atoms with E-state index < -0.39 is 5.97 Å². The Labute approximate surface area is 120 Å². The summed E-state index contributed by atoms with van der Waals surface area (Å²) in [4.78, 5) is 11.8. The summed E-state index contributed by atoms with van der Waals surface area (Å²) >= 11 is 0. The number of halogens is 1. The Bertz CT molecular complexity index is 814. The highest BCUT2D eigenvalue weighted by Crippen LogP contribution is 2.15. The van der Waals surface area contributed by atoms with Crippen molar-refractivity contribution in [1.82, 2.24) is 14.6 Å². The summed E-state index contributed by atoms with van der Waals surface area (Å²) in [7, 11) is 1.31. The van der Waals surface area contributed by atoms with Gasteiger partial charge in [-0.1, -0.05) is 24.3 Å². The summed E-state index contributed by atoms with van der Waals surface area (Å²) in [5, 5.41) is 8.05. The van der Waals surface area contributed by atoms with Crippen LogP contribution in [0.15, 0.2) is 42.5 Å². The quantitative estimate of drug-likeness (QED) is 0.693. The smallest absolute Gasteiger partial charge is 0.355 e. The van der Waals surface area contributed by atoms with E-state index in [1.54, 1.807) is 40.8 Å². The van der Waals surface area contributed by atoms with Crippen molar-refractivity contribution in [1.29, 1.82) is 0 Å². The summed E-state index contributed by atoms with van der Waals surface area (Å²) in [6.45, 7) is 0. The minimum atomic E-state index is -0.491. The second-order valence-electron chi connectivity index (χ2n) is 4.48. The van der Waals surface area contributed by atoms with Gasteiger partial charge in [-0.2, -0.15) is 0 Å². The molecule has 3 aromatic rings. The molecule has 6 heteroatoms. The van der Waals surface area contributed by atoms with Gasteiger partial charge in [0.25, 0.3) is 0 Å². The first-order valence-electron chi connectivity index (χ1n) is 6.35. The Balaban J connectivity index is 2.11. The number of aromatic nitrogens is 3. The van der Waals surface area contributed by atoms with Gasteiger partial charge >= 0.3 is 5.97 Å². The molecule has 0 aliphatic carbocycles. The van der Waals surface area contributed by atoms with Gasteiger partial charge in [0.2, 0.25) is 0 Å². The highest BCUT2D eigenvalue weighted by atomic mass is 19.1. The number of esters is 1. The van der Waals surface area contributed by atoms with Crippen molar-refractivity contribution in [3.8, 4) is 0 Å². The largest absolute Gasteiger partial charge is 0.464 e. The number of carbonyl (C=O) groups is 1. The first-order valence-corrected chi connectivity index (χ1v) is 6.35. The number of carbonyl (C=O) groups excluding carboxylic acids is 1. The molecule has 3 rings (SSSR count). The van der Waals surface area contributed by atoms with Gasteiger partial charge in [-0.15, -0.1) is 10.2 Å². The maximum Gasteiger partial charge on any atom is 0.355 e. The van der Waals surface area contributed by atoms with E-state index in [1.807, 2.05) is 0 Å². The van der Waals surface area contributed by atoms with Gasteiger partial charge in [0, 0.05) is 6.42 Å². The van der Waals surface area contributed by atoms with Crippen molar-refractivity contribution >= 4 is 11.6 Å². The molecule has 1 aromatic carbocycles. The van der Waals surface area contributed by atoms with Crippen molar-refractivity contribution in [2.24, 2.45) is 0 Å². The van der Waals surface area contributed by atoms with E-state index in [4.69, 9.17) is 4.74 Å². The second kappa shape index (κ2) is 5.32. The van der Waals surface area contributed by atoms with Crippen LogP contribution in [-0.2, 0) is 11.2 Å². The van der Waals surface area contributed by atoms with Crippen LogP contribution in [0.5, 0.6) is 0 Å². The molecule has 0 radical (unpaired) electrons.